The summed E-state index contributed by atoms with van der Waals surface area (Å²) in [4.78, 5) is 3.39. The molecule has 238 valence electrons. The highest BCUT2D eigenvalue weighted by atomic mass is 19.3. The average molecular weight is 655 g/mol. The first-order chi connectivity index (χ1) is 22.9. The van der Waals surface area contributed by atoms with Crippen LogP contribution in [0.25, 0.3) is 60.6 Å². The van der Waals surface area contributed by atoms with Crippen LogP contribution >= 0.6 is 0 Å². The summed E-state index contributed by atoms with van der Waals surface area (Å²) >= 11 is 0. The largest absolute Gasteiger partial charge is 0.497 e. The van der Waals surface area contributed by atoms with Crippen LogP contribution in [0, 0.1) is 24.8 Å². The third-order valence-electron chi connectivity index (χ3n) is 8.48. The molecule has 0 N–H and O–H groups in total. The smallest absolute Gasteiger partial charge is 0.380 e. The molecular weight excluding hydrogens is 634 g/mol. The first kappa shape index (κ1) is 30.7. The van der Waals surface area contributed by atoms with E-state index < -0.39 is 51.6 Å². The van der Waals surface area contributed by atoms with E-state index in [2.05, 4.69) is 4.85 Å². The number of hydrogen-bond donors (Lipinski definition) is 0. The second-order valence-electron chi connectivity index (χ2n) is 11.2. The Morgan fingerprint density at radius 3 is 1.73 bits per heavy atom. The van der Waals surface area contributed by atoms with Gasteiger partial charge in [-0.15, -0.1) is 0 Å². The molecule has 6 aromatic rings. The molecule has 0 saturated heterocycles. The standard InChI is InChI=1S/C37H20F6N2O3/c1-19-10-12-20(13-11-19)33-29(27-22(18-44)6-4-8-25(27)47-33)31-32(36(40,41)37(42,43)35(31,38)39)30-28-24(45-2)7-5-9-26(28)48-34(30)21-14-16-23(46-3)17-15-21/h4-17H,1,3H3. The van der Waals surface area contributed by atoms with Crippen molar-refractivity contribution in [3.8, 4) is 34.5 Å². The summed E-state index contributed by atoms with van der Waals surface area (Å²) in [6.45, 7) is 9.50. The van der Waals surface area contributed by atoms with Crippen LogP contribution in [0.2, 0.25) is 0 Å². The van der Waals surface area contributed by atoms with Crippen molar-refractivity contribution in [3.63, 3.8) is 0 Å². The zero-order valence-corrected chi connectivity index (χ0v) is 25.0. The van der Waals surface area contributed by atoms with Gasteiger partial charge in [-0.1, -0.05) is 48.0 Å². The molecule has 4 aromatic carbocycles. The Kier molecular flexibility index (Phi) is 6.74. The molecule has 0 aliphatic heterocycles. The number of halogens is 6. The molecule has 1 aliphatic carbocycles. The minimum absolute atomic E-state index is 0.0626. The van der Waals surface area contributed by atoms with Crippen LogP contribution in [0.5, 0.6) is 5.75 Å². The number of nitrogens with zero attached hydrogens (tertiary/aromatic N) is 2. The number of ether oxygens (including phenoxy) is 1. The Bertz CT molecular complexity index is 2390. The molecule has 11 heteroatoms. The van der Waals surface area contributed by atoms with Gasteiger partial charge in [-0.25, -0.2) is 4.85 Å². The summed E-state index contributed by atoms with van der Waals surface area (Å²) in [5.41, 5.74) is -5.03. The van der Waals surface area contributed by atoms with Gasteiger partial charge in [-0.05, 0) is 49.4 Å². The zero-order valence-electron chi connectivity index (χ0n) is 25.0. The Morgan fingerprint density at radius 1 is 0.708 bits per heavy atom. The second kappa shape index (κ2) is 10.5. The van der Waals surface area contributed by atoms with Crippen molar-refractivity contribution in [2.75, 3.05) is 7.11 Å². The number of methoxy groups -OCH3 is 1. The van der Waals surface area contributed by atoms with Crippen LogP contribution in [-0.2, 0) is 0 Å². The Hall–Kier alpha value is -5.94. The molecule has 48 heavy (non-hydrogen) atoms. The maximum atomic E-state index is 16.5. The van der Waals surface area contributed by atoms with E-state index in [4.69, 9.17) is 20.1 Å². The molecule has 7 rings (SSSR count). The number of nitriles is 1. The molecular formula is C37H20F6N2O3. The highest BCUT2D eigenvalue weighted by molar-refractivity contribution is 6.17. The number of alkyl halides is 6. The fourth-order valence-electron chi connectivity index (χ4n) is 6.19. The lowest BCUT2D eigenvalue weighted by Gasteiger charge is -2.26. The van der Waals surface area contributed by atoms with Gasteiger partial charge in [0.05, 0.1) is 25.3 Å². The lowest BCUT2D eigenvalue weighted by Crippen LogP contribution is -2.48. The third-order valence-corrected chi connectivity index (χ3v) is 8.48. The monoisotopic (exact) mass is 654 g/mol. The Balaban J connectivity index is 1.73. The van der Waals surface area contributed by atoms with E-state index >= 15 is 26.3 Å². The van der Waals surface area contributed by atoms with Gasteiger partial charge in [0.1, 0.15) is 28.4 Å². The van der Waals surface area contributed by atoms with E-state index in [1.807, 2.05) is 6.07 Å². The van der Waals surface area contributed by atoms with Gasteiger partial charge in [-0.2, -0.15) is 31.6 Å². The normalized spacial score (nSPS) is 16.3. The fourth-order valence-corrected chi connectivity index (χ4v) is 6.19. The van der Waals surface area contributed by atoms with E-state index in [1.54, 1.807) is 19.1 Å². The number of aryl methyl sites for hydroxylation is 1. The van der Waals surface area contributed by atoms with Gasteiger partial charge < -0.3 is 13.6 Å². The Morgan fingerprint density at radius 2 is 1.21 bits per heavy atom. The van der Waals surface area contributed by atoms with Gasteiger partial charge in [0.25, 0.3) is 0 Å². The van der Waals surface area contributed by atoms with Crippen molar-refractivity contribution < 1.29 is 39.9 Å². The molecule has 5 nitrogen and oxygen atoms in total. The van der Waals surface area contributed by atoms with Crippen LogP contribution in [0.3, 0.4) is 0 Å². The van der Waals surface area contributed by atoms with Crippen molar-refractivity contribution in [1.29, 1.82) is 5.26 Å². The van der Waals surface area contributed by atoms with Gasteiger partial charge >= 0.3 is 17.8 Å². The van der Waals surface area contributed by atoms with E-state index in [1.165, 1.54) is 79.9 Å². The number of allylic oxidation sites excluding steroid dienone is 2. The van der Waals surface area contributed by atoms with Crippen molar-refractivity contribution in [2.45, 2.75) is 24.7 Å². The second-order valence-corrected chi connectivity index (χ2v) is 11.2. The van der Waals surface area contributed by atoms with Gasteiger partial charge in [-0.3, -0.25) is 0 Å². The molecule has 0 unspecified atom stereocenters. The molecule has 2 heterocycles. The lowest BCUT2D eigenvalue weighted by molar-refractivity contribution is -0.254. The van der Waals surface area contributed by atoms with Gasteiger partial charge in [0.15, 0.2) is 5.69 Å². The Labute approximate surface area is 268 Å². The highest BCUT2D eigenvalue weighted by Gasteiger charge is 2.81. The molecule has 0 atom stereocenters. The summed E-state index contributed by atoms with van der Waals surface area (Å²) < 4.78 is 115. The lowest BCUT2D eigenvalue weighted by atomic mass is 9.88. The van der Waals surface area contributed by atoms with Crippen LogP contribution < -0.4 is 4.74 Å². The van der Waals surface area contributed by atoms with Crippen molar-refractivity contribution in [1.82, 2.24) is 0 Å². The molecule has 0 spiro atoms. The summed E-state index contributed by atoms with van der Waals surface area (Å²) in [6.07, 6.45) is 0. The topological polar surface area (TPSA) is 63.7 Å². The molecule has 1 aliphatic rings. The van der Waals surface area contributed by atoms with E-state index in [0.717, 1.165) is 5.56 Å². The van der Waals surface area contributed by atoms with Crippen molar-refractivity contribution in [3.05, 3.63) is 119 Å². The third kappa shape index (κ3) is 4.10. The molecule has 0 amide bonds. The molecule has 0 fully saturated rings. The first-order valence-electron chi connectivity index (χ1n) is 14.4. The summed E-state index contributed by atoms with van der Waals surface area (Å²) in [7, 11) is 1.39. The average Bonchev–Trinajstić information content (AvgIpc) is 3.68. The summed E-state index contributed by atoms with van der Waals surface area (Å²) in [6, 6.07) is 21.6. The maximum Gasteiger partial charge on any atom is 0.380 e. The minimum atomic E-state index is -5.96. The first-order valence-corrected chi connectivity index (χ1v) is 14.4. The number of benzene rings is 4. The van der Waals surface area contributed by atoms with Crippen molar-refractivity contribution >= 4 is 38.8 Å². The zero-order chi connectivity index (χ0) is 34.2. The number of furan rings is 2. The number of rotatable bonds is 5. The minimum Gasteiger partial charge on any atom is -0.497 e. The maximum absolute atomic E-state index is 16.5. The quantitative estimate of drug-likeness (QED) is 0.137. The summed E-state index contributed by atoms with van der Waals surface area (Å²) in [5.74, 6) is -17.5. The molecule has 0 bridgehead atoms. The van der Waals surface area contributed by atoms with Gasteiger partial charge in [0, 0.05) is 44.2 Å². The highest BCUT2D eigenvalue weighted by Crippen LogP contribution is 2.68. The number of hydrogen-bond acceptors (Lipinski definition) is 4. The van der Waals surface area contributed by atoms with E-state index in [9.17, 15) is 5.26 Å². The van der Waals surface area contributed by atoms with E-state index in [0.29, 0.717) is 5.75 Å². The number of fused-ring (bicyclic) bond motifs is 2. The van der Waals surface area contributed by atoms with Crippen LogP contribution in [0.15, 0.2) is 93.8 Å². The van der Waals surface area contributed by atoms with E-state index in [-0.39, 0.29) is 44.3 Å². The predicted molar refractivity (Wildman–Crippen MR) is 167 cm³/mol. The van der Waals surface area contributed by atoms with Crippen LogP contribution in [0.4, 0.5) is 32.0 Å². The molecule has 2 aromatic heterocycles. The van der Waals surface area contributed by atoms with Crippen LogP contribution in [0.1, 0.15) is 22.3 Å². The SMILES string of the molecule is [C-]#[N+]c1cccc2oc(-c3ccc(OC)cc3)c(C3=C(c4c(-c5ccc(C)cc5)oc5cccc(C#N)c45)C(F)(F)C(F)(F)C3(F)F)c12. The molecule has 0 saturated carbocycles. The predicted octanol–water partition coefficient (Wildman–Crippen LogP) is 11.1. The fraction of sp³-hybridized carbons (Fsp3) is 0.135. The van der Waals surface area contributed by atoms with Crippen LogP contribution in [-0.4, -0.2) is 24.9 Å². The van der Waals surface area contributed by atoms with Crippen molar-refractivity contribution in [2.24, 2.45) is 0 Å². The molecule has 0 radical (unpaired) electrons. The summed E-state index contributed by atoms with van der Waals surface area (Å²) in [5, 5.41) is 9.30. The van der Waals surface area contributed by atoms with Gasteiger partial charge in [0.2, 0.25) is 0 Å².